The zero-order chi connectivity index (χ0) is 37.7. The summed E-state index contributed by atoms with van der Waals surface area (Å²) in [4.78, 5) is 2.35. The smallest absolute Gasteiger partial charge is 0.159 e. The maximum atomic E-state index is 6.70. The fraction of sp³-hybridized carbons (Fsp3) is 0. The van der Waals surface area contributed by atoms with Crippen molar-refractivity contribution in [3.63, 3.8) is 0 Å². The molecule has 0 bridgehead atoms. The van der Waals surface area contributed by atoms with Gasteiger partial charge in [0, 0.05) is 42.3 Å². The number of nitrogens with zero attached hydrogens (tertiary/aromatic N) is 1. The SMILES string of the molecule is c1ccc(-c2ccc(-c3ccc(N(c4ccc(-c5cccc6sc7ccccc7c56)c(-c5ccccc5)c4)c4cccc5c4oc4ccccc45)cc3)cc2)cc1. The van der Waals surface area contributed by atoms with Crippen LogP contribution in [0.3, 0.4) is 0 Å². The summed E-state index contributed by atoms with van der Waals surface area (Å²) in [6.07, 6.45) is 0. The molecule has 9 aromatic carbocycles. The number of thiophene rings is 1. The van der Waals surface area contributed by atoms with Crippen LogP contribution in [-0.2, 0) is 0 Å². The van der Waals surface area contributed by atoms with Crippen molar-refractivity contribution < 1.29 is 4.42 Å². The minimum atomic E-state index is 0.860. The van der Waals surface area contributed by atoms with Crippen LogP contribution in [-0.4, -0.2) is 0 Å². The van der Waals surface area contributed by atoms with Gasteiger partial charge in [0.2, 0.25) is 0 Å². The molecule has 11 rings (SSSR count). The molecule has 0 radical (unpaired) electrons. The summed E-state index contributed by atoms with van der Waals surface area (Å²) < 4.78 is 9.30. The molecule has 3 heteroatoms. The van der Waals surface area contributed by atoms with Gasteiger partial charge in [-0.05, 0) is 93.0 Å². The molecule has 268 valence electrons. The van der Waals surface area contributed by atoms with Crippen LogP contribution >= 0.6 is 11.3 Å². The van der Waals surface area contributed by atoms with Gasteiger partial charge >= 0.3 is 0 Å². The van der Waals surface area contributed by atoms with Gasteiger partial charge in [-0.3, -0.25) is 0 Å². The van der Waals surface area contributed by atoms with Crippen LogP contribution in [0.5, 0.6) is 0 Å². The third-order valence-electron chi connectivity index (χ3n) is 11.1. The van der Waals surface area contributed by atoms with Gasteiger partial charge in [-0.15, -0.1) is 11.3 Å². The predicted octanol–water partition coefficient (Wildman–Crippen LogP) is 16.1. The van der Waals surface area contributed by atoms with Gasteiger partial charge in [0.15, 0.2) is 5.58 Å². The lowest BCUT2D eigenvalue weighted by Crippen LogP contribution is -2.10. The van der Waals surface area contributed by atoms with Gasteiger partial charge in [0.25, 0.3) is 0 Å². The minimum Gasteiger partial charge on any atom is -0.454 e. The second kappa shape index (κ2) is 13.8. The van der Waals surface area contributed by atoms with Crippen molar-refractivity contribution in [2.75, 3.05) is 4.90 Å². The van der Waals surface area contributed by atoms with E-state index in [-0.39, 0.29) is 0 Å². The molecule has 0 spiro atoms. The number of hydrogen-bond acceptors (Lipinski definition) is 3. The van der Waals surface area contributed by atoms with Crippen LogP contribution in [0, 0.1) is 0 Å². The molecule has 0 aliphatic rings. The highest BCUT2D eigenvalue weighted by atomic mass is 32.1. The summed E-state index contributed by atoms with van der Waals surface area (Å²) in [5.74, 6) is 0. The molecule has 2 heterocycles. The van der Waals surface area contributed by atoms with Crippen LogP contribution in [0.15, 0.2) is 217 Å². The molecular formula is C54H35NOS. The molecule has 0 saturated heterocycles. The van der Waals surface area contributed by atoms with Crippen LogP contribution in [0.1, 0.15) is 0 Å². The van der Waals surface area contributed by atoms with Gasteiger partial charge in [-0.1, -0.05) is 164 Å². The molecule has 57 heavy (non-hydrogen) atoms. The van der Waals surface area contributed by atoms with E-state index in [4.69, 9.17) is 4.42 Å². The van der Waals surface area contributed by atoms with Crippen LogP contribution in [0.4, 0.5) is 17.1 Å². The summed E-state index contributed by atoms with van der Waals surface area (Å²) in [6, 6.07) is 76.3. The third-order valence-corrected chi connectivity index (χ3v) is 12.3. The topological polar surface area (TPSA) is 16.4 Å². The van der Waals surface area contributed by atoms with E-state index in [1.54, 1.807) is 0 Å². The lowest BCUT2D eigenvalue weighted by Gasteiger charge is -2.27. The second-order valence-electron chi connectivity index (χ2n) is 14.5. The molecule has 0 saturated carbocycles. The van der Waals surface area contributed by atoms with E-state index in [1.165, 1.54) is 59.1 Å². The van der Waals surface area contributed by atoms with E-state index in [0.717, 1.165) is 44.6 Å². The molecule has 2 nitrogen and oxygen atoms in total. The van der Waals surface area contributed by atoms with Gasteiger partial charge in [-0.2, -0.15) is 0 Å². The molecule has 11 aromatic rings. The largest absolute Gasteiger partial charge is 0.454 e. The van der Waals surface area contributed by atoms with E-state index >= 15 is 0 Å². The van der Waals surface area contributed by atoms with E-state index < -0.39 is 0 Å². The highest BCUT2D eigenvalue weighted by Gasteiger charge is 2.22. The van der Waals surface area contributed by atoms with Gasteiger partial charge in [0.05, 0.1) is 5.69 Å². The van der Waals surface area contributed by atoms with Gasteiger partial charge in [0.1, 0.15) is 5.58 Å². The standard InChI is InChI=1S/C54H35NOS/c1-3-13-36(14-4-1)37-25-27-38(28-26-37)39-29-31-41(32-30-39)55(49-21-11-20-46-44-17-7-9-22-50(44)56-54(46)49)42-33-34-43(48(35-42)40-15-5-2-6-16-40)45-19-12-24-52-53(45)47-18-8-10-23-51(47)57-52/h1-35H. The Morgan fingerprint density at radius 3 is 1.67 bits per heavy atom. The van der Waals surface area contributed by atoms with Crippen molar-refractivity contribution in [1.29, 1.82) is 0 Å². The van der Waals surface area contributed by atoms with Crippen LogP contribution in [0.2, 0.25) is 0 Å². The second-order valence-corrected chi connectivity index (χ2v) is 15.5. The highest BCUT2D eigenvalue weighted by molar-refractivity contribution is 7.25. The number of furan rings is 1. The Kier molecular flexibility index (Phi) is 8.04. The monoisotopic (exact) mass is 745 g/mol. The average molecular weight is 746 g/mol. The molecule has 0 N–H and O–H groups in total. The molecule has 0 aliphatic heterocycles. The van der Waals surface area contributed by atoms with E-state index in [0.29, 0.717) is 0 Å². The molecular weight excluding hydrogens is 711 g/mol. The number of anilines is 3. The summed E-state index contributed by atoms with van der Waals surface area (Å²) in [7, 11) is 0. The lowest BCUT2D eigenvalue weighted by molar-refractivity contribution is 0.669. The summed E-state index contributed by atoms with van der Waals surface area (Å²) in [6.45, 7) is 0. The van der Waals surface area contributed by atoms with Crippen molar-refractivity contribution in [2.45, 2.75) is 0 Å². The Balaban J connectivity index is 1.09. The molecule has 2 aromatic heterocycles. The first-order chi connectivity index (χ1) is 28.3. The summed E-state index contributed by atoms with van der Waals surface area (Å²) in [5.41, 5.74) is 14.4. The minimum absolute atomic E-state index is 0.860. The van der Waals surface area contributed by atoms with Crippen molar-refractivity contribution in [3.8, 4) is 44.5 Å². The Labute approximate surface area is 335 Å². The number of hydrogen-bond donors (Lipinski definition) is 0. The highest BCUT2D eigenvalue weighted by Crippen LogP contribution is 2.47. The Morgan fingerprint density at radius 1 is 0.351 bits per heavy atom. The first kappa shape index (κ1) is 33.2. The third kappa shape index (κ3) is 5.80. The molecule has 0 atom stereocenters. The van der Waals surface area contributed by atoms with Crippen molar-refractivity contribution in [2.24, 2.45) is 0 Å². The molecule has 0 amide bonds. The molecule has 0 aliphatic carbocycles. The van der Waals surface area contributed by atoms with Crippen LogP contribution in [0.25, 0.3) is 86.6 Å². The quantitative estimate of drug-likeness (QED) is 0.162. The maximum absolute atomic E-state index is 6.70. The summed E-state index contributed by atoms with van der Waals surface area (Å²) >= 11 is 1.86. The summed E-state index contributed by atoms with van der Waals surface area (Å²) in [5, 5.41) is 4.81. The predicted molar refractivity (Wildman–Crippen MR) is 243 cm³/mol. The number of para-hydroxylation sites is 2. The maximum Gasteiger partial charge on any atom is 0.159 e. The first-order valence-corrected chi connectivity index (χ1v) is 20.1. The fourth-order valence-corrected chi connectivity index (χ4v) is 9.52. The Morgan fingerprint density at radius 2 is 0.912 bits per heavy atom. The number of benzene rings is 9. The Hall–Kier alpha value is -7.20. The van der Waals surface area contributed by atoms with Gasteiger partial charge in [-0.25, -0.2) is 0 Å². The van der Waals surface area contributed by atoms with Crippen LogP contribution < -0.4 is 4.90 Å². The molecule has 0 fully saturated rings. The van der Waals surface area contributed by atoms with E-state index in [9.17, 15) is 0 Å². The fourth-order valence-electron chi connectivity index (χ4n) is 8.39. The zero-order valence-electron chi connectivity index (χ0n) is 31.0. The van der Waals surface area contributed by atoms with Crippen molar-refractivity contribution in [3.05, 3.63) is 212 Å². The normalized spacial score (nSPS) is 11.5. The first-order valence-electron chi connectivity index (χ1n) is 19.3. The van der Waals surface area contributed by atoms with Crippen molar-refractivity contribution in [1.82, 2.24) is 0 Å². The zero-order valence-corrected chi connectivity index (χ0v) is 31.8. The number of fused-ring (bicyclic) bond motifs is 6. The van der Waals surface area contributed by atoms with E-state index in [2.05, 4.69) is 211 Å². The Bertz CT molecular complexity index is 3210. The van der Waals surface area contributed by atoms with Gasteiger partial charge < -0.3 is 9.32 Å². The number of rotatable bonds is 7. The van der Waals surface area contributed by atoms with Crippen molar-refractivity contribution >= 4 is 70.5 Å². The molecule has 0 unspecified atom stereocenters. The van der Waals surface area contributed by atoms with E-state index in [1.807, 2.05) is 17.4 Å². The average Bonchev–Trinajstić information content (AvgIpc) is 3.87. The lowest BCUT2D eigenvalue weighted by atomic mass is 9.91.